The van der Waals surface area contributed by atoms with Gasteiger partial charge in [0.1, 0.15) is 0 Å². The van der Waals surface area contributed by atoms with E-state index < -0.39 is 0 Å². The van der Waals surface area contributed by atoms with E-state index in [0.717, 1.165) is 17.9 Å². The van der Waals surface area contributed by atoms with E-state index in [2.05, 4.69) is 46.7 Å². The summed E-state index contributed by atoms with van der Waals surface area (Å²) in [5.74, 6) is 1.61. The Labute approximate surface area is 98.0 Å². The van der Waals surface area contributed by atoms with Crippen LogP contribution in [0.5, 0.6) is 0 Å². The molecule has 0 aromatic carbocycles. The minimum absolute atomic E-state index is 0.735. The van der Waals surface area contributed by atoms with Gasteiger partial charge in [0, 0.05) is 21.3 Å². The lowest BCUT2D eigenvalue weighted by Gasteiger charge is -2.44. The van der Waals surface area contributed by atoms with Gasteiger partial charge in [0.25, 0.3) is 0 Å². The standard InChI is InChI=1S/C11H16BrNS/c1-3-7-8(6-10(7)13-2)11-9(12)4-5-14-11/h4-5,7-8,10,13H,3,6H2,1-2H3. The average Bonchev–Trinajstić information content (AvgIpc) is 2.52. The largest absolute Gasteiger partial charge is 0.317 e. The van der Waals surface area contributed by atoms with Crippen LogP contribution in [-0.4, -0.2) is 13.1 Å². The summed E-state index contributed by atoms with van der Waals surface area (Å²) in [4.78, 5) is 1.54. The number of hydrogen-bond acceptors (Lipinski definition) is 2. The molecule has 1 saturated carbocycles. The minimum atomic E-state index is 0.735. The molecule has 1 aliphatic carbocycles. The molecule has 0 amide bonds. The van der Waals surface area contributed by atoms with Crippen molar-refractivity contribution in [2.24, 2.45) is 5.92 Å². The number of rotatable bonds is 3. The van der Waals surface area contributed by atoms with Crippen molar-refractivity contribution in [2.45, 2.75) is 31.7 Å². The van der Waals surface area contributed by atoms with Crippen LogP contribution < -0.4 is 5.32 Å². The van der Waals surface area contributed by atoms with Crippen LogP contribution in [0.15, 0.2) is 15.9 Å². The lowest BCUT2D eigenvalue weighted by atomic mass is 9.67. The van der Waals surface area contributed by atoms with Gasteiger partial charge in [0.2, 0.25) is 0 Å². The van der Waals surface area contributed by atoms with Gasteiger partial charge in [-0.3, -0.25) is 0 Å². The van der Waals surface area contributed by atoms with E-state index in [4.69, 9.17) is 0 Å². The van der Waals surface area contributed by atoms with Crippen LogP contribution >= 0.6 is 27.3 Å². The fraction of sp³-hybridized carbons (Fsp3) is 0.636. The maximum Gasteiger partial charge on any atom is 0.0317 e. The van der Waals surface area contributed by atoms with Crippen LogP contribution in [-0.2, 0) is 0 Å². The van der Waals surface area contributed by atoms with E-state index >= 15 is 0 Å². The molecule has 0 aliphatic heterocycles. The summed E-state index contributed by atoms with van der Waals surface area (Å²) >= 11 is 5.52. The second-order valence-electron chi connectivity index (χ2n) is 3.94. The third-order valence-electron chi connectivity index (χ3n) is 3.37. The number of halogens is 1. The molecule has 1 aliphatic rings. The molecule has 14 heavy (non-hydrogen) atoms. The van der Waals surface area contributed by atoms with Gasteiger partial charge in [-0.15, -0.1) is 11.3 Å². The molecule has 78 valence electrons. The molecule has 2 rings (SSSR count). The first-order valence-electron chi connectivity index (χ1n) is 5.18. The molecule has 0 spiro atoms. The highest BCUT2D eigenvalue weighted by Gasteiger charge is 2.40. The molecule has 0 saturated heterocycles. The van der Waals surface area contributed by atoms with E-state index in [1.54, 1.807) is 4.88 Å². The normalized spacial score (nSPS) is 31.5. The van der Waals surface area contributed by atoms with Crippen LogP contribution in [0, 0.1) is 5.92 Å². The summed E-state index contributed by atoms with van der Waals surface area (Å²) in [6.07, 6.45) is 2.58. The van der Waals surface area contributed by atoms with E-state index in [1.807, 2.05) is 11.3 Å². The van der Waals surface area contributed by atoms with E-state index in [9.17, 15) is 0 Å². The van der Waals surface area contributed by atoms with Gasteiger partial charge in [0.05, 0.1) is 0 Å². The van der Waals surface area contributed by atoms with Crippen molar-refractivity contribution in [3.8, 4) is 0 Å². The Balaban J connectivity index is 2.11. The second-order valence-corrected chi connectivity index (χ2v) is 5.74. The quantitative estimate of drug-likeness (QED) is 0.887. The molecule has 1 aromatic rings. The Bertz CT molecular complexity index is 310. The molecule has 3 atom stereocenters. The Morgan fingerprint density at radius 1 is 1.64 bits per heavy atom. The maximum absolute atomic E-state index is 3.63. The second kappa shape index (κ2) is 4.33. The van der Waals surface area contributed by atoms with Crippen LogP contribution in [0.2, 0.25) is 0 Å². The Morgan fingerprint density at radius 2 is 2.43 bits per heavy atom. The lowest BCUT2D eigenvalue weighted by molar-refractivity contribution is 0.171. The molecular weight excluding hydrogens is 258 g/mol. The average molecular weight is 274 g/mol. The first kappa shape index (κ1) is 10.7. The van der Waals surface area contributed by atoms with Crippen molar-refractivity contribution in [1.29, 1.82) is 0 Å². The summed E-state index contributed by atoms with van der Waals surface area (Å²) in [5, 5.41) is 5.58. The lowest BCUT2D eigenvalue weighted by Crippen LogP contribution is -2.47. The molecular formula is C11H16BrNS. The van der Waals surface area contributed by atoms with Crippen LogP contribution in [0.25, 0.3) is 0 Å². The summed E-state index contributed by atoms with van der Waals surface area (Å²) in [7, 11) is 2.08. The van der Waals surface area contributed by atoms with Crippen LogP contribution in [0.1, 0.15) is 30.6 Å². The van der Waals surface area contributed by atoms with Crippen molar-refractivity contribution in [3.63, 3.8) is 0 Å². The fourth-order valence-electron chi connectivity index (χ4n) is 2.48. The molecule has 1 N–H and O–H groups in total. The fourth-order valence-corrected chi connectivity index (χ4v) is 4.34. The molecule has 3 unspecified atom stereocenters. The predicted molar refractivity (Wildman–Crippen MR) is 66.0 cm³/mol. The van der Waals surface area contributed by atoms with Gasteiger partial charge in [-0.1, -0.05) is 13.3 Å². The van der Waals surface area contributed by atoms with Gasteiger partial charge in [-0.2, -0.15) is 0 Å². The van der Waals surface area contributed by atoms with Gasteiger partial charge >= 0.3 is 0 Å². The van der Waals surface area contributed by atoms with Gasteiger partial charge in [-0.05, 0) is 46.8 Å². The number of thiophene rings is 1. The highest BCUT2D eigenvalue weighted by Crippen LogP contribution is 2.48. The minimum Gasteiger partial charge on any atom is -0.317 e. The van der Waals surface area contributed by atoms with Crippen molar-refractivity contribution >= 4 is 27.3 Å². The molecule has 1 aromatic heterocycles. The highest BCUT2D eigenvalue weighted by molar-refractivity contribution is 9.10. The number of hydrogen-bond donors (Lipinski definition) is 1. The van der Waals surface area contributed by atoms with Gasteiger partial charge < -0.3 is 5.32 Å². The zero-order valence-electron chi connectivity index (χ0n) is 8.59. The number of nitrogens with one attached hydrogen (secondary N) is 1. The zero-order chi connectivity index (χ0) is 10.1. The maximum atomic E-state index is 3.63. The monoisotopic (exact) mass is 273 g/mol. The van der Waals surface area contributed by atoms with Gasteiger partial charge in [0.15, 0.2) is 0 Å². The Kier molecular flexibility index (Phi) is 3.30. The van der Waals surface area contributed by atoms with E-state index in [1.165, 1.54) is 17.3 Å². The topological polar surface area (TPSA) is 12.0 Å². The summed E-state index contributed by atoms with van der Waals surface area (Å²) in [6, 6.07) is 2.90. The SMILES string of the molecule is CCC1C(NC)CC1c1sccc1Br. The summed E-state index contributed by atoms with van der Waals surface area (Å²) < 4.78 is 1.31. The molecule has 1 nitrogen and oxygen atoms in total. The van der Waals surface area contributed by atoms with Crippen molar-refractivity contribution < 1.29 is 0 Å². The molecule has 0 radical (unpaired) electrons. The molecule has 1 heterocycles. The first-order chi connectivity index (χ1) is 6.77. The third-order valence-corrected chi connectivity index (χ3v) is 5.37. The highest BCUT2D eigenvalue weighted by atomic mass is 79.9. The van der Waals surface area contributed by atoms with Crippen LogP contribution in [0.3, 0.4) is 0 Å². The smallest absolute Gasteiger partial charge is 0.0317 e. The zero-order valence-corrected chi connectivity index (χ0v) is 11.0. The summed E-state index contributed by atoms with van der Waals surface area (Å²) in [6.45, 7) is 2.29. The molecule has 1 fully saturated rings. The van der Waals surface area contributed by atoms with Crippen molar-refractivity contribution in [2.75, 3.05) is 7.05 Å². The van der Waals surface area contributed by atoms with E-state index in [0.29, 0.717) is 0 Å². The Morgan fingerprint density at radius 3 is 2.93 bits per heavy atom. The van der Waals surface area contributed by atoms with Gasteiger partial charge in [-0.25, -0.2) is 0 Å². The summed E-state index contributed by atoms with van der Waals surface area (Å²) in [5.41, 5.74) is 0. The molecule has 0 bridgehead atoms. The first-order valence-corrected chi connectivity index (χ1v) is 6.85. The third kappa shape index (κ3) is 1.66. The van der Waals surface area contributed by atoms with Crippen LogP contribution in [0.4, 0.5) is 0 Å². The predicted octanol–water partition coefficient (Wildman–Crippen LogP) is 3.61. The molecule has 3 heteroatoms. The van der Waals surface area contributed by atoms with E-state index in [-0.39, 0.29) is 0 Å². The Hall–Kier alpha value is 0.140. The van der Waals surface area contributed by atoms with Crippen molar-refractivity contribution in [3.05, 3.63) is 20.8 Å². The van der Waals surface area contributed by atoms with Crippen molar-refractivity contribution in [1.82, 2.24) is 5.32 Å².